The van der Waals surface area contributed by atoms with Crippen molar-refractivity contribution in [3.05, 3.63) is 56.2 Å². The monoisotopic (exact) mass is 358 g/mol. The zero-order valence-electron chi connectivity index (χ0n) is 8.91. The Morgan fingerprint density at radius 2 is 2.06 bits per heavy atom. The molecule has 0 bridgehead atoms. The number of hydrogen-bond donors (Lipinski definition) is 0. The van der Waals surface area contributed by atoms with E-state index < -0.39 is 0 Å². The summed E-state index contributed by atoms with van der Waals surface area (Å²) in [5.41, 5.74) is 2.68. The first-order valence-corrected chi connectivity index (χ1v) is 7.69. The molecule has 0 fully saturated rings. The van der Waals surface area contributed by atoms with Gasteiger partial charge in [-0.15, -0.1) is 11.3 Å². The average molecular weight is 360 g/mol. The van der Waals surface area contributed by atoms with Crippen molar-refractivity contribution in [2.24, 2.45) is 0 Å². The molecule has 0 nitrogen and oxygen atoms in total. The molecule has 0 saturated carbocycles. The molecule has 0 radical (unpaired) electrons. The van der Waals surface area contributed by atoms with E-state index in [-0.39, 0.29) is 0 Å². The van der Waals surface area contributed by atoms with Gasteiger partial charge in [-0.05, 0) is 42.0 Å². The molecule has 0 N–H and O–H groups in total. The molecule has 1 aromatic carbocycles. The van der Waals surface area contributed by atoms with Crippen LogP contribution in [0.3, 0.4) is 0 Å². The quantitative estimate of drug-likeness (QED) is 0.635. The Balaban J connectivity index is 2.21. The van der Waals surface area contributed by atoms with E-state index in [4.69, 9.17) is 0 Å². The average Bonchev–Trinajstić information content (AvgIpc) is 2.74. The SMILES string of the molecule is Cc1c(Br)cccc1C(Br)Cc1cccs1. The highest BCUT2D eigenvalue weighted by molar-refractivity contribution is 9.10. The molecule has 0 aliphatic heterocycles. The van der Waals surface area contributed by atoms with Gasteiger partial charge in [0.1, 0.15) is 0 Å². The lowest BCUT2D eigenvalue weighted by Gasteiger charge is -2.13. The normalized spacial score (nSPS) is 12.7. The van der Waals surface area contributed by atoms with Gasteiger partial charge < -0.3 is 0 Å². The Kier molecular flexibility index (Phi) is 4.22. The molecule has 3 heteroatoms. The minimum Gasteiger partial charge on any atom is -0.149 e. The van der Waals surface area contributed by atoms with Crippen LogP contribution in [0.25, 0.3) is 0 Å². The van der Waals surface area contributed by atoms with Crippen LogP contribution in [0.4, 0.5) is 0 Å². The number of halogens is 2. The fraction of sp³-hybridized carbons (Fsp3) is 0.231. The van der Waals surface area contributed by atoms with E-state index in [1.807, 2.05) is 11.3 Å². The van der Waals surface area contributed by atoms with Gasteiger partial charge in [0.2, 0.25) is 0 Å². The lowest BCUT2D eigenvalue weighted by molar-refractivity contribution is 0.954. The third-order valence-electron chi connectivity index (χ3n) is 2.61. The summed E-state index contributed by atoms with van der Waals surface area (Å²) in [4.78, 5) is 1.81. The Morgan fingerprint density at radius 1 is 1.25 bits per heavy atom. The molecule has 0 spiro atoms. The third-order valence-corrected chi connectivity index (χ3v) is 5.18. The van der Waals surface area contributed by atoms with E-state index >= 15 is 0 Å². The molecule has 1 unspecified atom stereocenters. The van der Waals surface area contributed by atoms with Gasteiger partial charge >= 0.3 is 0 Å². The summed E-state index contributed by atoms with van der Waals surface area (Å²) >= 11 is 9.17. The van der Waals surface area contributed by atoms with Gasteiger partial charge in [0, 0.05) is 14.2 Å². The first kappa shape index (κ1) is 12.3. The van der Waals surface area contributed by atoms with Crippen molar-refractivity contribution < 1.29 is 0 Å². The summed E-state index contributed by atoms with van der Waals surface area (Å²) in [5.74, 6) is 0. The van der Waals surface area contributed by atoms with Crippen LogP contribution in [0.5, 0.6) is 0 Å². The van der Waals surface area contributed by atoms with Crippen LogP contribution < -0.4 is 0 Å². The third kappa shape index (κ3) is 2.76. The van der Waals surface area contributed by atoms with E-state index in [9.17, 15) is 0 Å². The van der Waals surface area contributed by atoms with Crippen molar-refractivity contribution in [2.45, 2.75) is 18.2 Å². The first-order valence-electron chi connectivity index (χ1n) is 5.10. The van der Waals surface area contributed by atoms with Gasteiger partial charge in [-0.25, -0.2) is 0 Å². The fourth-order valence-corrected chi connectivity index (χ4v) is 3.87. The number of hydrogen-bond acceptors (Lipinski definition) is 1. The maximum atomic E-state index is 3.78. The fourth-order valence-electron chi connectivity index (χ4n) is 1.68. The van der Waals surface area contributed by atoms with Crippen LogP contribution in [-0.4, -0.2) is 0 Å². The highest BCUT2D eigenvalue weighted by atomic mass is 79.9. The highest BCUT2D eigenvalue weighted by Gasteiger charge is 2.12. The van der Waals surface area contributed by atoms with Crippen molar-refractivity contribution in [3.8, 4) is 0 Å². The molecule has 1 aromatic heterocycles. The van der Waals surface area contributed by atoms with Gasteiger partial charge in [-0.3, -0.25) is 0 Å². The second-order valence-corrected chi connectivity index (χ2v) is 6.70. The maximum Gasteiger partial charge on any atom is 0.0446 e. The molecule has 0 amide bonds. The van der Waals surface area contributed by atoms with E-state index in [1.165, 1.54) is 20.5 Å². The first-order chi connectivity index (χ1) is 7.68. The van der Waals surface area contributed by atoms with Crippen molar-refractivity contribution in [2.75, 3.05) is 0 Å². The molecule has 0 saturated heterocycles. The van der Waals surface area contributed by atoms with Crippen molar-refractivity contribution in [1.82, 2.24) is 0 Å². The van der Waals surface area contributed by atoms with Crippen LogP contribution in [0.2, 0.25) is 0 Å². The molecule has 0 aliphatic carbocycles. The predicted octanol–water partition coefficient (Wildman–Crippen LogP) is 5.50. The Hall–Kier alpha value is -0.120. The van der Waals surface area contributed by atoms with Crippen molar-refractivity contribution in [3.63, 3.8) is 0 Å². The summed E-state index contributed by atoms with van der Waals surface area (Å²) in [7, 11) is 0. The molecular weight excluding hydrogens is 348 g/mol. The molecule has 1 heterocycles. The van der Waals surface area contributed by atoms with Crippen LogP contribution in [0.1, 0.15) is 20.8 Å². The number of thiophene rings is 1. The number of benzene rings is 1. The van der Waals surface area contributed by atoms with E-state index in [0.29, 0.717) is 4.83 Å². The molecule has 2 aromatic rings. The van der Waals surface area contributed by atoms with Gasteiger partial charge in [-0.2, -0.15) is 0 Å². The largest absolute Gasteiger partial charge is 0.149 e. The summed E-state index contributed by atoms with van der Waals surface area (Å²) in [6.45, 7) is 2.15. The summed E-state index contributed by atoms with van der Waals surface area (Å²) in [6.07, 6.45) is 1.05. The second kappa shape index (κ2) is 5.48. The van der Waals surface area contributed by atoms with Gasteiger partial charge in [0.25, 0.3) is 0 Å². The predicted molar refractivity (Wildman–Crippen MR) is 78.6 cm³/mol. The molecule has 1 atom stereocenters. The lowest BCUT2D eigenvalue weighted by Crippen LogP contribution is -1.97. The number of rotatable bonds is 3. The van der Waals surface area contributed by atoms with Gasteiger partial charge in [0.15, 0.2) is 0 Å². The minimum atomic E-state index is 0.392. The minimum absolute atomic E-state index is 0.392. The highest BCUT2D eigenvalue weighted by Crippen LogP contribution is 2.33. The zero-order chi connectivity index (χ0) is 11.5. The summed E-state index contributed by atoms with van der Waals surface area (Å²) in [6, 6.07) is 10.7. The zero-order valence-corrected chi connectivity index (χ0v) is 12.9. The van der Waals surface area contributed by atoms with Crippen molar-refractivity contribution in [1.29, 1.82) is 0 Å². The van der Waals surface area contributed by atoms with Crippen LogP contribution in [0, 0.1) is 6.92 Å². The van der Waals surface area contributed by atoms with Crippen molar-refractivity contribution >= 4 is 43.2 Å². The molecular formula is C13H12Br2S. The Morgan fingerprint density at radius 3 is 2.75 bits per heavy atom. The Bertz CT molecular complexity index is 463. The summed E-state index contributed by atoms with van der Waals surface area (Å²) < 4.78 is 1.18. The molecule has 0 aliphatic rings. The van der Waals surface area contributed by atoms with Gasteiger partial charge in [-0.1, -0.05) is 50.1 Å². The van der Waals surface area contributed by atoms with Gasteiger partial charge in [0.05, 0.1) is 0 Å². The van der Waals surface area contributed by atoms with E-state index in [1.54, 1.807) is 0 Å². The standard InChI is InChI=1S/C13H12Br2S/c1-9-11(5-2-6-12(9)14)13(15)8-10-4-3-7-16-10/h2-7,13H,8H2,1H3. The number of alkyl halides is 1. The second-order valence-electron chi connectivity index (χ2n) is 3.71. The summed E-state index contributed by atoms with van der Waals surface area (Å²) in [5, 5.41) is 2.13. The molecule has 2 rings (SSSR count). The Labute approximate surface area is 117 Å². The maximum absolute atomic E-state index is 3.78. The topological polar surface area (TPSA) is 0 Å². The van der Waals surface area contributed by atoms with Crippen LogP contribution >= 0.6 is 43.2 Å². The molecule has 16 heavy (non-hydrogen) atoms. The molecule has 84 valence electrons. The lowest BCUT2D eigenvalue weighted by atomic mass is 10.0. The van der Waals surface area contributed by atoms with Crippen LogP contribution in [0.15, 0.2) is 40.2 Å². The van der Waals surface area contributed by atoms with E-state index in [2.05, 4.69) is 74.5 Å². The van der Waals surface area contributed by atoms with Crippen LogP contribution in [-0.2, 0) is 6.42 Å². The smallest absolute Gasteiger partial charge is 0.0446 e. The van der Waals surface area contributed by atoms with E-state index in [0.717, 1.165) is 6.42 Å².